The van der Waals surface area contributed by atoms with Crippen LogP contribution in [0.4, 0.5) is 10.1 Å². The number of nitrogens with zero attached hydrogens (tertiary/aromatic N) is 2. The van der Waals surface area contributed by atoms with Crippen LogP contribution in [-0.4, -0.2) is 56.0 Å². The number of piperidine rings is 3. The van der Waals surface area contributed by atoms with E-state index < -0.39 is 5.82 Å². The van der Waals surface area contributed by atoms with E-state index in [2.05, 4.69) is 10.2 Å². The molecule has 7 heteroatoms. The molecule has 5 rings (SSSR count). The quantitative estimate of drug-likeness (QED) is 0.877. The molecular weight excluding hydrogens is 313 g/mol. The predicted octanol–water partition coefficient (Wildman–Crippen LogP) is 1.00. The summed E-state index contributed by atoms with van der Waals surface area (Å²) in [6, 6.07) is 2.48. The third-order valence-corrected chi connectivity index (χ3v) is 5.33. The molecule has 2 bridgehead atoms. The average Bonchev–Trinajstić information content (AvgIpc) is 2.59. The number of hydrogen-bond acceptors (Lipinski definition) is 4. The molecule has 6 nitrogen and oxygen atoms in total. The normalized spacial score (nSPS) is 28.3. The number of anilines is 1. The standard InChI is InChI=1S/C17H20FN3O3/c1-20-14-7-11(18)6-12(16(14)24-9-15(20)22)17(23)19-13-8-21-4-2-10(13)3-5-21/h6-7,10,13H,2-5,8-9H2,1H3,(H,19,23). The summed E-state index contributed by atoms with van der Waals surface area (Å²) in [5.74, 6) is -0.409. The van der Waals surface area contributed by atoms with Gasteiger partial charge in [0.15, 0.2) is 12.4 Å². The van der Waals surface area contributed by atoms with Gasteiger partial charge in [0, 0.05) is 25.7 Å². The molecule has 24 heavy (non-hydrogen) atoms. The van der Waals surface area contributed by atoms with Crippen molar-refractivity contribution in [2.45, 2.75) is 18.9 Å². The topological polar surface area (TPSA) is 61.9 Å². The molecule has 0 radical (unpaired) electrons. The molecule has 0 aromatic heterocycles. The fraction of sp³-hybridized carbons (Fsp3) is 0.529. The molecule has 1 unspecified atom stereocenters. The Labute approximate surface area is 139 Å². The summed E-state index contributed by atoms with van der Waals surface area (Å²) in [5, 5.41) is 3.04. The van der Waals surface area contributed by atoms with Gasteiger partial charge in [0.2, 0.25) is 0 Å². The van der Waals surface area contributed by atoms with Crippen molar-refractivity contribution >= 4 is 17.5 Å². The monoisotopic (exact) mass is 333 g/mol. The minimum Gasteiger partial charge on any atom is -0.481 e. The van der Waals surface area contributed by atoms with E-state index in [1.54, 1.807) is 7.05 Å². The molecule has 1 atom stereocenters. The number of carbonyl (C=O) groups is 2. The number of benzene rings is 1. The van der Waals surface area contributed by atoms with Crippen molar-refractivity contribution in [3.05, 3.63) is 23.5 Å². The maximum atomic E-state index is 14.0. The molecule has 0 aliphatic carbocycles. The highest BCUT2D eigenvalue weighted by molar-refractivity contribution is 6.04. The number of carbonyl (C=O) groups excluding carboxylic acids is 2. The van der Waals surface area contributed by atoms with E-state index >= 15 is 0 Å². The molecule has 128 valence electrons. The summed E-state index contributed by atoms with van der Waals surface area (Å²) in [4.78, 5) is 28.1. The fourth-order valence-electron chi connectivity index (χ4n) is 3.89. The number of halogens is 1. The minimum absolute atomic E-state index is 0.0851. The Kier molecular flexibility index (Phi) is 3.68. The fourth-order valence-corrected chi connectivity index (χ4v) is 3.89. The zero-order valence-electron chi connectivity index (χ0n) is 13.5. The molecule has 4 aliphatic heterocycles. The number of amides is 2. The van der Waals surface area contributed by atoms with Crippen molar-refractivity contribution in [2.75, 3.05) is 38.2 Å². The second-order valence-electron chi connectivity index (χ2n) is 6.76. The van der Waals surface area contributed by atoms with Crippen LogP contribution in [0.15, 0.2) is 12.1 Å². The number of rotatable bonds is 2. The van der Waals surface area contributed by atoms with Crippen molar-refractivity contribution in [1.82, 2.24) is 10.2 Å². The summed E-state index contributed by atoms with van der Waals surface area (Å²) in [5.41, 5.74) is 0.450. The average molecular weight is 333 g/mol. The number of nitrogens with one attached hydrogen (secondary N) is 1. The van der Waals surface area contributed by atoms with Gasteiger partial charge in [-0.1, -0.05) is 0 Å². The first kappa shape index (κ1) is 15.4. The lowest BCUT2D eigenvalue weighted by atomic mass is 9.84. The summed E-state index contributed by atoms with van der Waals surface area (Å²) in [6.07, 6.45) is 2.17. The van der Waals surface area contributed by atoms with E-state index in [0.717, 1.165) is 32.5 Å². The molecule has 3 fully saturated rings. The van der Waals surface area contributed by atoms with Gasteiger partial charge in [-0.25, -0.2) is 4.39 Å². The van der Waals surface area contributed by atoms with Gasteiger partial charge >= 0.3 is 0 Å². The van der Waals surface area contributed by atoms with Crippen LogP contribution in [0.5, 0.6) is 5.75 Å². The van der Waals surface area contributed by atoms with Crippen LogP contribution < -0.4 is 15.0 Å². The second-order valence-corrected chi connectivity index (χ2v) is 6.76. The van der Waals surface area contributed by atoms with Crippen molar-refractivity contribution < 1.29 is 18.7 Å². The Morgan fingerprint density at radius 2 is 2.08 bits per heavy atom. The summed E-state index contributed by atoms with van der Waals surface area (Å²) in [6.45, 7) is 2.87. The molecule has 4 aliphatic rings. The number of likely N-dealkylation sites (N-methyl/N-ethyl adjacent to an activating group) is 1. The van der Waals surface area contributed by atoms with E-state index in [-0.39, 0.29) is 35.8 Å². The molecule has 2 amide bonds. The first-order valence-electron chi connectivity index (χ1n) is 8.29. The molecule has 3 saturated heterocycles. The number of hydrogen-bond donors (Lipinski definition) is 1. The van der Waals surface area contributed by atoms with Crippen LogP contribution in [0.1, 0.15) is 23.2 Å². The Bertz CT molecular complexity index is 701. The highest BCUT2D eigenvalue weighted by Gasteiger charge is 2.36. The Hall–Kier alpha value is -2.15. The first-order chi connectivity index (χ1) is 11.5. The van der Waals surface area contributed by atoms with Gasteiger partial charge in [-0.15, -0.1) is 0 Å². The summed E-state index contributed by atoms with van der Waals surface area (Å²) in [7, 11) is 1.55. The van der Waals surface area contributed by atoms with Crippen LogP contribution in [0, 0.1) is 11.7 Å². The molecule has 1 aromatic carbocycles. The smallest absolute Gasteiger partial charge is 0.264 e. The highest BCUT2D eigenvalue weighted by Crippen LogP contribution is 2.36. The number of fused-ring (bicyclic) bond motifs is 4. The van der Waals surface area contributed by atoms with Crippen molar-refractivity contribution in [1.29, 1.82) is 0 Å². The summed E-state index contributed by atoms with van der Waals surface area (Å²) < 4.78 is 19.4. The lowest BCUT2D eigenvalue weighted by Crippen LogP contribution is -2.57. The lowest BCUT2D eigenvalue weighted by Gasteiger charge is -2.45. The van der Waals surface area contributed by atoms with Gasteiger partial charge in [0.1, 0.15) is 5.82 Å². The largest absolute Gasteiger partial charge is 0.481 e. The molecule has 1 N–H and O–H groups in total. The third-order valence-electron chi connectivity index (χ3n) is 5.33. The Morgan fingerprint density at radius 1 is 1.33 bits per heavy atom. The highest BCUT2D eigenvalue weighted by atomic mass is 19.1. The minimum atomic E-state index is -0.557. The van der Waals surface area contributed by atoms with E-state index in [0.29, 0.717) is 11.6 Å². The van der Waals surface area contributed by atoms with Crippen LogP contribution in [0.25, 0.3) is 0 Å². The van der Waals surface area contributed by atoms with Crippen LogP contribution in [-0.2, 0) is 4.79 Å². The number of ether oxygens (including phenoxy) is 1. The molecule has 1 aromatic rings. The maximum Gasteiger partial charge on any atom is 0.264 e. The Balaban J connectivity index is 1.61. The first-order valence-corrected chi connectivity index (χ1v) is 8.29. The van der Waals surface area contributed by atoms with Gasteiger partial charge in [-0.2, -0.15) is 0 Å². The van der Waals surface area contributed by atoms with E-state index in [1.165, 1.54) is 17.0 Å². The van der Waals surface area contributed by atoms with Gasteiger partial charge in [-0.3, -0.25) is 9.59 Å². The van der Waals surface area contributed by atoms with Gasteiger partial charge in [0.25, 0.3) is 11.8 Å². The summed E-state index contributed by atoms with van der Waals surface area (Å²) >= 11 is 0. The zero-order valence-corrected chi connectivity index (χ0v) is 13.5. The molecule has 0 spiro atoms. The molecule has 0 saturated carbocycles. The van der Waals surface area contributed by atoms with Gasteiger partial charge in [-0.05, 0) is 37.9 Å². The van der Waals surface area contributed by atoms with Crippen molar-refractivity contribution in [3.63, 3.8) is 0 Å². The van der Waals surface area contributed by atoms with Crippen LogP contribution in [0.2, 0.25) is 0 Å². The predicted molar refractivity (Wildman–Crippen MR) is 85.7 cm³/mol. The van der Waals surface area contributed by atoms with Crippen molar-refractivity contribution in [2.24, 2.45) is 5.92 Å². The van der Waals surface area contributed by atoms with Crippen molar-refractivity contribution in [3.8, 4) is 5.75 Å². The Morgan fingerprint density at radius 3 is 2.75 bits per heavy atom. The van der Waals surface area contributed by atoms with Crippen LogP contribution >= 0.6 is 0 Å². The van der Waals surface area contributed by atoms with E-state index in [4.69, 9.17) is 4.74 Å². The van der Waals surface area contributed by atoms with E-state index in [9.17, 15) is 14.0 Å². The van der Waals surface area contributed by atoms with Gasteiger partial charge in [0.05, 0.1) is 11.3 Å². The third kappa shape index (κ3) is 2.53. The molecule has 4 heterocycles. The zero-order chi connectivity index (χ0) is 16.8. The maximum absolute atomic E-state index is 14.0. The van der Waals surface area contributed by atoms with Crippen LogP contribution in [0.3, 0.4) is 0 Å². The van der Waals surface area contributed by atoms with E-state index in [1.807, 2.05) is 0 Å². The second kappa shape index (κ2) is 5.73. The molecular formula is C17H20FN3O3. The van der Waals surface area contributed by atoms with Gasteiger partial charge < -0.3 is 19.9 Å². The SMILES string of the molecule is CN1C(=O)COc2c(C(=O)NC3CN4CCC3CC4)cc(F)cc21. The lowest BCUT2D eigenvalue weighted by molar-refractivity contribution is -0.121.